The van der Waals surface area contributed by atoms with E-state index in [0.717, 1.165) is 6.42 Å². The first-order valence-electron chi connectivity index (χ1n) is 3.83. The molecule has 0 radical (unpaired) electrons. The van der Waals surface area contributed by atoms with E-state index in [4.69, 9.17) is 0 Å². The van der Waals surface area contributed by atoms with Crippen molar-refractivity contribution in [3.63, 3.8) is 0 Å². The van der Waals surface area contributed by atoms with E-state index >= 15 is 0 Å². The number of nitrogens with zero attached hydrogens (tertiary/aromatic N) is 1. The third-order valence-corrected chi connectivity index (χ3v) is 3.41. The van der Waals surface area contributed by atoms with Crippen LogP contribution < -0.4 is 0 Å². The van der Waals surface area contributed by atoms with E-state index in [1.165, 1.54) is 11.5 Å². The summed E-state index contributed by atoms with van der Waals surface area (Å²) in [4.78, 5) is 0. The van der Waals surface area contributed by atoms with E-state index in [1.54, 1.807) is 7.05 Å². The lowest BCUT2D eigenvalue weighted by Gasteiger charge is -2.56. The molecule has 0 aromatic carbocycles. The lowest BCUT2D eigenvalue weighted by molar-refractivity contribution is -0.226. The summed E-state index contributed by atoms with van der Waals surface area (Å²) in [6, 6.07) is 0. The maximum atomic E-state index is 9.30. The summed E-state index contributed by atoms with van der Waals surface area (Å²) >= 11 is 0. The standard InChI is InChI=1S/C8H17NO/c1-7(2)5-6-8(7,3)9(4)10/h10H,5-6H2,1-4H3. The zero-order chi connectivity index (χ0) is 7.99. The van der Waals surface area contributed by atoms with Crippen molar-refractivity contribution in [1.82, 2.24) is 5.06 Å². The van der Waals surface area contributed by atoms with Gasteiger partial charge in [0.15, 0.2) is 0 Å². The first-order chi connectivity index (χ1) is 4.40. The molecule has 0 amide bonds. The molecule has 0 aliphatic heterocycles. The van der Waals surface area contributed by atoms with Crippen molar-refractivity contribution in [3.05, 3.63) is 0 Å². The predicted molar refractivity (Wildman–Crippen MR) is 41.0 cm³/mol. The molecule has 60 valence electrons. The number of hydrogen-bond donors (Lipinski definition) is 1. The van der Waals surface area contributed by atoms with Crippen molar-refractivity contribution in [2.75, 3.05) is 7.05 Å². The van der Waals surface area contributed by atoms with Crippen LogP contribution in [0.3, 0.4) is 0 Å². The summed E-state index contributed by atoms with van der Waals surface area (Å²) in [6.45, 7) is 6.50. The Labute approximate surface area is 62.8 Å². The second-order valence-electron chi connectivity index (χ2n) is 4.18. The van der Waals surface area contributed by atoms with Crippen LogP contribution >= 0.6 is 0 Å². The molecule has 1 aliphatic rings. The molecule has 1 atom stereocenters. The van der Waals surface area contributed by atoms with E-state index in [1.807, 2.05) is 0 Å². The molecule has 1 fully saturated rings. The van der Waals surface area contributed by atoms with Crippen molar-refractivity contribution in [1.29, 1.82) is 0 Å². The zero-order valence-corrected chi connectivity index (χ0v) is 7.31. The van der Waals surface area contributed by atoms with Crippen LogP contribution in [0.2, 0.25) is 0 Å². The summed E-state index contributed by atoms with van der Waals surface area (Å²) < 4.78 is 0. The Bertz CT molecular complexity index is 142. The normalized spacial score (nSPS) is 37.8. The van der Waals surface area contributed by atoms with Gasteiger partial charge in [-0.3, -0.25) is 0 Å². The van der Waals surface area contributed by atoms with Crippen molar-refractivity contribution in [2.24, 2.45) is 5.41 Å². The Hall–Kier alpha value is -0.0800. The Morgan fingerprint density at radius 3 is 1.70 bits per heavy atom. The highest BCUT2D eigenvalue weighted by Gasteiger charge is 2.51. The summed E-state index contributed by atoms with van der Waals surface area (Å²) in [5.74, 6) is 0. The quantitative estimate of drug-likeness (QED) is 0.566. The van der Waals surface area contributed by atoms with E-state index in [2.05, 4.69) is 20.8 Å². The monoisotopic (exact) mass is 143 g/mol. The van der Waals surface area contributed by atoms with Gasteiger partial charge in [-0.15, -0.1) is 0 Å². The van der Waals surface area contributed by atoms with E-state index in [0.29, 0.717) is 0 Å². The third kappa shape index (κ3) is 0.789. The molecule has 0 aromatic rings. The van der Waals surface area contributed by atoms with E-state index in [-0.39, 0.29) is 11.0 Å². The average molecular weight is 143 g/mol. The molecule has 0 spiro atoms. The Balaban J connectivity index is 2.71. The number of rotatable bonds is 1. The second-order valence-corrected chi connectivity index (χ2v) is 4.18. The lowest BCUT2D eigenvalue weighted by atomic mass is 9.57. The van der Waals surface area contributed by atoms with Gasteiger partial charge in [0.05, 0.1) is 0 Å². The fraction of sp³-hybridized carbons (Fsp3) is 1.00. The van der Waals surface area contributed by atoms with Crippen LogP contribution in [0.1, 0.15) is 33.6 Å². The molecule has 1 unspecified atom stereocenters. The summed E-state index contributed by atoms with van der Waals surface area (Å²) in [7, 11) is 1.74. The molecule has 1 saturated carbocycles. The summed E-state index contributed by atoms with van der Waals surface area (Å²) in [5, 5.41) is 10.7. The molecule has 0 bridgehead atoms. The highest BCUT2D eigenvalue weighted by atomic mass is 16.5. The molecular weight excluding hydrogens is 126 g/mol. The predicted octanol–water partition coefficient (Wildman–Crippen LogP) is 1.89. The zero-order valence-electron chi connectivity index (χ0n) is 7.31. The Kier molecular flexibility index (Phi) is 1.57. The van der Waals surface area contributed by atoms with Crippen molar-refractivity contribution in [2.45, 2.75) is 39.2 Å². The Morgan fingerprint density at radius 2 is 1.70 bits per heavy atom. The van der Waals surface area contributed by atoms with E-state index in [9.17, 15) is 5.21 Å². The molecule has 1 aliphatic carbocycles. The molecule has 10 heavy (non-hydrogen) atoms. The van der Waals surface area contributed by atoms with Crippen LogP contribution in [-0.4, -0.2) is 22.9 Å². The first-order valence-corrected chi connectivity index (χ1v) is 3.83. The van der Waals surface area contributed by atoms with Crippen LogP contribution in [0.25, 0.3) is 0 Å². The van der Waals surface area contributed by atoms with Gasteiger partial charge in [0.2, 0.25) is 0 Å². The molecule has 0 heterocycles. The van der Waals surface area contributed by atoms with Gasteiger partial charge in [-0.1, -0.05) is 13.8 Å². The van der Waals surface area contributed by atoms with Gasteiger partial charge in [-0.2, -0.15) is 5.06 Å². The van der Waals surface area contributed by atoms with Crippen LogP contribution in [-0.2, 0) is 0 Å². The summed E-state index contributed by atoms with van der Waals surface area (Å²) in [5.41, 5.74) is 0.281. The SMILES string of the molecule is CN(O)C1(C)CCC1(C)C. The molecule has 1 rings (SSSR count). The molecule has 0 aromatic heterocycles. The second kappa shape index (κ2) is 1.95. The van der Waals surface area contributed by atoms with Gasteiger partial charge in [0.25, 0.3) is 0 Å². The minimum absolute atomic E-state index is 0.00694. The van der Waals surface area contributed by atoms with Crippen LogP contribution in [0.5, 0.6) is 0 Å². The minimum Gasteiger partial charge on any atom is -0.314 e. The van der Waals surface area contributed by atoms with Crippen molar-refractivity contribution < 1.29 is 5.21 Å². The minimum atomic E-state index is 0.00694. The lowest BCUT2D eigenvalue weighted by Crippen LogP contribution is -2.60. The van der Waals surface area contributed by atoms with Gasteiger partial charge in [-0.05, 0) is 25.2 Å². The topological polar surface area (TPSA) is 23.5 Å². The van der Waals surface area contributed by atoms with Gasteiger partial charge in [0, 0.05) is 12.6 Å². The fourth-order valence-corrected chi connectivity index (χ4v) is 1.59. The molecule has 0 saturated heterocycles. The van der Waals surface area contributed by atoms with Gasteiger partial charge >= 0.3 is 0 Å². The summed E-state index contributed by atoms with van der Waals surface area (Å²) in [6.07, 6.45) is 2.32. The maximum Gasteiger partial charge on any atom is 0.0480 e. The molecule has 2 nitrogen and oxygen atoms in total. The van der Waals surface area contributed by atoms with Crippen LogP contribution in [0, 0.1) is 5.41 Å². The van der Waals surface area contributed by atoms with Crippen molar-refractivity contribution >= 4 is 0 Å². The van der Waals surface area contributed by atoms with E-state index < -0.39 is 0 Å². The molecular formula is C8H17NO. The average Bonchev–Trinajstić information content (AvgIpc) is 1.83. The van der Waals surface area contributed by atoms with Gasteiger partial charge < -0.3 is 5.21 Å². The first kappa shape index (κ1) is 8.02. The third-order valence-electron chi connectivity index (χ3n) is 3.41. The number of hydroxylamine groups is 2. The highest BCUT2D eigenvalue weighted by molar-refractivity contribution is 5.04. The highest BCUT2D eigenvalue weighted by Crippen LogP contribution is 2.51. The van der Waals surface area contributed by atoms with Crippen LogP contribution in [0.4, 0.5) is 0 Å². The maximum absolute atomic E-state index is 9.30. The van der Waals surface area contributed by atoms with Crippen molar-refractivity contribution in [3.8, 4) is 0 Å². The smallest absolute Gasteiger partial charge is 0.0480 e. The molecule has 2 heteroatoms. The van der Waals surface area contributed by atoms with Gasteiger partial charge in [-0.25, -0.2) is 0 Å². The van der Waals surface area contributed by atoms with Gasteiger partial charge in [0.1, 0.15) is 0 Å². The molecule has 1 N–H and O–H groups in total. The fourth-order valence-electron chi connectivity index (χ4n) is 1.59. The largest absolute Gasteiger partial charge is 0.314 e. The Morgan fingerprint density at radius 1 is 1.20 bits per heavy atom. The van der Waals surface area contributed by atoms with Crippen LogP contribution in [0.15, 0.2) is 0 Å². The number of hydrogen-bond acceptors (Lipinski definition) is 2.